The zero-order valence-electron chi connectivity index (χ0n) is 19.8. The van der Waals surface area contributed by atoms with E-state index in [1.54, 1.807) is 61.9 Å². The summed E-state index contributed by atoms with van der Waals surface area (Å²) in [6.45, 7) is 1.98. The van der Waals surface area contributed by atoms with Crippen molar-refractivity contribution in [2.45, 2.75) is 13.3 Å². The van der Waals surface area contributed by atoms with Crippen LogP contribution in [0.25, 0.3) is 10.9 Å². The summed E-state index contributed by atoms with van der Waals surface area (Å²) < 4.78 is 28.4. The van der Waals surface area contributed by atoms with E-state index in [4.69, 9.17) is 0 Å². The van der Waals surface area contributed by atoms with E-state index in [0.29, 0.717) is 33.5 Å². The van der Waals surface area contributed by atoms with Crippen molar-refractivity contribution < 1.29 is 13.6 Å². The monoisotopic (exact) mass is 485 g/mol. The van der Waals surface area contributed by atoms with Crippen LogP contribution >= 0.6 is 0 Å². The quantitative estimate of drug-likeness (QED) is 0.237. The van der Waals surface area contributed by atoms with Crippen LogP contribution < -0.4 is 16.0 Å². The number of nitrogens with zero attached hydrogens (tertiary/aromatic N) is 2. The van der Waals surface area contributed by atoms with Gasteiger partial charge in [0.05, 0.1) is 11.2 Å². The average molecular weight is 486 g/mol. The molecule has 0 bridgehead atoms. The molecule has 0 radical (unpaired) electrons. The Hall–Kier alpha value is -4.59. The Morgan fingerprint density at radius 1 is 0.944 bits per heavy atom. The number of hydrogen-bond donors (Lipinski definition) is 3. The van der Waals surface area contributed by atoms with Gasteiger partial charge in [-0.25, -0.2) is 8.78 Å². The number of allylic oxidation sites excluding steroid dienone is 2. The van der Waals surface area contributed by atoms with Crippen LogP contribution in [0.5, 0.6) is 0 Å². The molecular formula is C28H25F2N5O. The molecule has 0 aliphatic rings. The fourth-order valence-corrected chi connectivity index (χ4v) is 3.57. The fourth-order valence-electron chi connectivity index (χ4n) is 3.57. The lowest BCUT2D eigenvalue weighted by Gasteiger charge is -2.12. The molecule has 0 unspecified atom stereocenters. The first-order chi connectivity index (χ1) is 17.5. The predicted octanol–water partition coefficient (Wildman–Crippen LogP) is 6.92. The number of anilines is 4. The van der Waals surface area contributed by atoms with Crippen molar-refractivity contribution in [3.05, 3.63) is 102 Å². The topological polar surface area (TPSA) is 78.4 Å². The minimum Gasteiger partial charge on any atom is -0.359 e. The largest absolute Gasteiger partial charge is 0.359 e. The molecule has 0 saturated heterocycles. The molecular weight excluding hydrogens is 460 g/mol. The Labute approximate surface area is 207 Å². The highest BCUT2D eigenvalue weighted by Gasteiger charge is 2.11. The number of aromatic nitrogens is 1. The predicted molar refractivity (Wildman–Crippen MR) is 142 cm³/mol. The fraction of sp³-hybridized carbons (Fsp3) is 0.107. The molecule has 0 fully saturated rings. The SMILES string of the molecule is CC/C(=C\C=NC)Nc1ccc(NC(=O)c2ccc(Nc3ccnc4ccc(F)cc34)cc2)c(F)c1. The third-order valence-corrected chi connectivity index (χ3v) is 5.46. The molecule has 8 heteroatoms. The molecule has 36 heavy (non-hydrogen) atoms. The van der Waals surface area contributed by atoms with Crippen molar-refractivity contribution >= 4 is 45.8 Å². The van der Waals surface area contributed by atoms with Crippen molar-refractivity contribution in [3.8, 4) is 0 Å². The number of rotatable bonds is 8. The molecule has 1 heterocycles. The lowest BCUT2D eigenvalue weighted by atomic mass is 10.1. The van der Waals surface area contributed by atoms with Crippen LogP contribution in [0, 0.1) is 11.6 Å². The van der Waals surface area contributed by atoms with Gasteiger partial charge in [-0.2, -0.15) is 0 Å². The smallest absolute Gasteiger partial charge is 0.255 e. The highest BCUT2D eigenvalue weighted by Crippen LogP contribution is 2.26. The molecule has 182 valence electrons. The molecule has 4 aromatic rings. The van der Waals surface area contributed by atoms with Gasteiger partial charge in [-0.3, -0.25) is 14.8 Å². The van der Waals surface area contributed by atoms with E-state index in [1.807, 2.05) is 13.0 Å². The van der Waals surface area contributed by atoms with Gasteiger partial charge in [0.1, 0.15) is 11.6 Å². The van der Waals surface area contributed by atoms with Crippen LogP contribution in [0.4, 0.5) is 31.5 Å². The van der Waals surface area contributed by atoms with E-state index >= 15 is 0 Å². The summed E-state index contributed by atoms with van der Waals surface area (Å²) in [6.07, 6.45) is 5.85. The lowest BCUT2D eigenvalue weighted by molar-refractivity contribution is 0.102. The van der Waals surface area contributed by atoms with Crippen LogP contribution in [-0.2, 0) is 0 Å². The summed E-state index contributed by atoms with van der Waals surface area (Å²) in [4.78, 5) is 20.8. The zero-order valence-corrected chi connectivity index (χ0v) is 19.8. The molecule has 1 aromatic heterocycles. The maximum absolute atomic E-state index is 14.7. The van der Waals surface area contributed by atoms with Gasteiger partial charge >= 0.3 is 0 Å². The first-order valence-electron chi connectivity index (χ1n) is 11.4. The number of amides is 1. The number of benzene rings is 3. The summed E-state index contributed by atoms with van der Waals surface area (Å²) >= 11 is 0. The number of carbonyl (C=O) groups is 1. The highest BCUT2D eigenvalue weighted by atomic mass is 19.1. The van der Waals surface area contributed by atoms with E-state index in [9.17, 15) is 13.6 Å². The maximum atomic E-state index is 14.7. The third-order valence-electron chi connectivity index (χ3n) is 5.46. The summed E-state index contributed by atoms with van der Waals surface area (Å²) in [6, 6.07) is 17.4. The van der Waals surface area contributed by atoms with Gasteiger partial charge in [-0.1, -0.05) is 6.92 Å². The number of carbonyl (C=O) groups excluding carboxylic acids is 1. The Kier molecular flexibility index (Phi) is 7.65. The second-order valence-electron chi connectivity index (χ2n) is 7.95. The lowest BCUT2D eigenvalue weighted by Crippen LogP contribution is -2.13. The second-order valence-corrected chi connectivity index (χ2v) is 7.95. The van der Waals surface area contributed by atoms with E-state index in [1.165, 1.54) is 24.3 Å². The Morgan fingerprint density at radius 2 is 1.72 bits per heavy atom. The van der Waals surface area contributed by atoms with Crippen LogP contribution in [0.2, 0.25) is 0 Å². The maximum Gasteiger partial charge on any atom is 0.255 e. The van der Waals surface area contributed by atoms with Crippen molar-refractivity contribution in [2.75, 3.05) is 23.0 Å². The van der Waals surface area contributed by atoms with Crippen molar-refractivity contribution in [1.82, 2.24) is 4.98 Å². The molecule has 4 rings (SSSR count). The van der Waals surface area contributed by atoms with Gasteiger partial charge in [0.25, 0.3) is 5.91 Å². The standard InChI is InChI=1S/C28H25F2N5O/c1-3-20(12-14-31-2)33-22-9-11-27(24(30)17-22)35-28(36)18-4-7-21(8-5-18)34-26-13-15-32-25-10-6-19(29)16-23(25)26/h4-17,33H,3H2,1-2H3,(H,32,34)(H,35,36)/b20-12+,31-14?. The van der Waals surface area contributed by atoms with E-state index in [0.717, 1.165) is 12.1 Å². The van der Waals surface area contributed by atoms with E-state index in [-0.39, 0.29) is 11.5 Å². The first-order valence-corrected chi connectivity index (χ1v) is 11.4. The summed E-state index contributed by atoms with van der Waals surface area (Å²) in [5.41, 5.74) is 3.96. The number of fused-ring (bicyclic) bond motifs is 1. The zero-order chi connectivity index (χ0) is 25.5. The Morgan fingerprint density at radius 3 is 2.44 bits per heavy atom. The molecule has 1 amide bonds. The molecule has 0 aliphatic heterocycles. The molecule has 0 spiro atoms. The number of hydrogen-bond acceptors (Lipinski definition) is 5. The molecule has 0 aliphatic carbocycles. The second kappa shape index (κ2) is 11.2. The molecule has 3 N–H and O–H groups in total. The molecule has 6 nitrogen and oxygen atoms in total. The van der Waals surface area contributed by atoms with Crippen LogP contribution in [0.15, 0.2) is 89.7 Å². The summed E-state index contributed by atoms with van der Waals surface area (Å²) in [5, 5.41) is 9.62. The number of halogens is 2. The van der Waals surface area contributed by atoms with Gasteiger partial charge in [-0.05, 0) is 79.2 Å². The van der Waals surface area contributed by atoms with Crippen LogP contribution in [0.1, 0.15) is 23.7 Å². The Balaban J connectivity index is 1.44. The number of pyridine rings is 1. The van der Waals surface area contributed by atoms with E-state index in [2.05, 4.69) is 25.9 Å². The third kappa shape index (κ3) is 5.90. The van der Waals surface area contributed by atoms with Crippen LogP contribution in [-0.4, -0.2) is 24.2 Å². The van der Waals surface area contributed by atoms with Gasteiger partial charge < -0.3 is 16.0 Å². The van der Waals surface area contributed by atoms with Gasteiger partial charge in [0.15, 0.2) is 0 Å². The minimum atomic E-state index is -0.553. The summed E-state index contributed by atoms with van der Waals surface area (Å²) in [7, 11) is 1.68. The molecule has 0 saturated carbocycles. The van der Waals surface area contributed by atoms with Gasteiger partial charge in [-0.15, -0.1) is 0 Å². The Bertz CT molecular complexity index is 1450. The molecule has 3 aromatic carbocycles. The van der Waals surface area contributed by atoms with Crippen molar-refractivity contribution in [2.24, 2.45) is 4.99 Å². The number of nitrogens with one attached hydrogen (secondary N) is 3. The van der Waals surface area contributed by atoms with Gasteiger partial charge in [0.2, 0.25) is 0 Å². The van der Waals surface area contributed by atoms with Gasteiger partial charge in [0, 0.05) is 53.2 Å². The van der Waals surface area contributed by atoms with Crippen molar-refractivity contribution in [3.63, 3.8) is 0 Å². The minimum absolute atomic E-state index is 0.0789. The summed E-state index contributed by atoms with van der Waals surface area (Å²) in [5.74, 6) is -1.34. The molecule has 0 atom stereocenters. The number of aliphatic imine (C=N–C) groups is 1. The average Bonchev–Trinajstić information content (AvgIpc) is 2.88. The van der Waals surface area contributed by atoms with E-state index < -0.39 is 11.7 Å². The van der Waals surface area contributed by atoms with Crippen molar-refractivity contribution in [1.29, 1.82) is 0 Å². The highest BCUT2D eigenvalue weighted by molar-refractivity contribution is 6.04. The normalized spacial score (nSPS) is 11.6. The first kappa shape index (κ1) is 24.5. The van der Waals surface area contributed by atoms with Crippen LogP contribution in [0.3, 0.4) is 0 Å².